The van der Waals surface area contributed by atoms with E-state index in [9.17, 15) is 0 Å². The van der Waals surface area contributed by atoms with Crippen LogP contribution in [0.5, 0.6) is 0 Å². The molecule has 0 aromatic carbocycles. The fourth-order valence-electron chi connectivity index (χ4n) is 0.453. The average Bonchev–Trinajstić information content (AvgIpc) is 1.68. The number of hydrogen-bond donors (Lipinski definition) is 2. The van der Waals surface area contributed by atoms with Crippen LogP contribution >= 0.6 is 7.92 Å². The van der Waals surface area contributed by atoms with Gasteiger partial charge in [-0.2, -0.15) is 0 Å². The lowest BCUT2D eigenvalue weighted by Gasteiger charge is -2.05. The molecule has 0 unspecified atom stereocenters. The van der Waals surface area contributed by atoms with E-state index < -0.39 is 0 Å². The smallest absolute Gasteiger partial charge is 0.0470 e. The molecule has 2 nitrogen and oxygen atoms in total. The van der Waals surface area contributed by atoms with E-state index in [1.165, 1.54) is 0 Å². The minimum atomic E-state index is -0.0808. The largest absolute Gasteiger partial charge is 0.396 e. The van der Waals surface area contributed by atoms with Crippen molar-refractivity contribution in [3.8, 4) is 0 Å². The van der Waals surface area contributed by atoms with Crippen LogP contribution in [0.3, 0.4) is 0 Å². The van der Waals surface area contributed by atoms with E-state index in [0.29, 0.717) is 0 Å². The van der Waals surface area contributed by atoms with Crippen molar-refractivity contribution in [3.05, 3.63) is 0 Å². The van der Waals surface area contributed by atoms with Gasteiger partial charge in [0.15, 0.2) is 0 Å². The molecule has 0 spiro atoms. The zero-order chi connectivity index (χ0) is 6.41. The van der Waals surface area contributed by atoms with E-state index in [-0.39, 0.29) is 21.1 Å². The van der Waals surface area contributed by atoms with Crippen LogP contribution in [-0.4, -0.2) is 42.4 Å². The summed E-state index contributed by atoms with van der Waals surface area (Å²) in [6.45, 7) is 2.62. The van der Waals surface area contributed by atoms with Crippen LogP contribution in [0.1, 0.15) is 0 Å². The molecule has 0 heterocycles. The quantitative estimate of drug-likeness (QED) is 0.537. The summed E-state index contributed by atoms with van der Waals surface area (Å²) in [5, 5.41) is 16.8. The first-order valence-corrected chi connectivity index (χ1v) is 4.87. The molecular weight excluding hydrogens is 123 g/mol. The van der Waals surface area contributed by atoms with Gasteiger partial charge in [0.2, 0.25) is 0 Å². The molecule has 0 fully saturated rings. The Kier molecular flexibility index (Phi) is 5.73. The highest BCUT2D eigenvalue weighted by molar-refractivity contribution is 7.56. The summed E-state index contributed by atoms with van der Waals surface area (Å²) in [6, 6.07) is 0. The highest BCUT2D eigenvalue weighted by atomic mass is 31.1. The van der Waals surface area contributed by atoms with E-state index >= 15 is 0 Å². The Morgan fingerprint density at radius 3 is 1.75 bits per heavy atom. The molecule has 0 aliphatic heterocycles. The molecule has 0 amide bonds. The molecule has 0 aliphatic carbocycles. The van der Waals surface area contributed by atoms with Crippen molar-refractivity contribution < 1.29 is 10.2 Å². The van der Waals surface area contributed by atoms with Crippen LogP contribution < -0.4 is 0 Å². The minimum Gasteiger partial charge on any atom is -0.396 e. The van der Waals surface area contributed by atoms with E-state index in [1.54, 1.807) is 0 Å². The van der Waals surface area contributed by atoms with E-state index in [0.717, 1.165) is 12.3 Å². The van der Waals surface area contributed by atoms with Gasteiger partial charge in [0.1, 0.15) is 0 Å². The molecule has 0 bridgehead atoms. The molecule has 0 aromatic heterocycles. The topological polar surface area (TPSA) is 40.5 Å². The molecule has 2 N–H and O–H groups in total. The molecule has 0 radical (unpaired) electrons. The maximum absolute atomic E-state index is 8.40. The summed E-state index contributed by atoms with van der Waals surface area (Å²) in [4.78, 5) is 0. The zero-order valence-corrected chi connectivity index (χ0v) is 6.06. The van der Waals surface area contributed by atoms with E-state index in [4.69, 9.17) is 10.2 Å². The summed E-state index contributed by atoms with van der Waals surface area (Å²) in [5.41, 5.74) is 0. The third-order valence-corrected chi connectivity index (χ3v) is 2.89. The van der Waals surface area contributed by atoms with Gasteiger partial charge in [0.25, 0.3) is 0 Å². The average molecular weight is 136 g/mol. The van der Waals surface area contributed by atoms with Crippen molar-refractivity contribution in [3.63, 3.8) is 0 Å². The van der Waals surface area contributed by atoms with Gasteiger partial charge < -0.3 is 10.2 Å². The van der Waals surface area contributed by atoms with Crippen molar-refractivity contribution in [2.75, 3.05) is 32.2 Å². The summed E-state index contributed by atoms with van der Waals surface area (Å²) in [7, 11) is -0.0808. The first kappa shape index (κ1) is 8.35. The van der Waals surface area contributed by atoms with Crippen LogP contribution in [0, 0.1) is 0 Å². The first-order chi connectivity index (χ1) is 3.81. The molecule has 0 rings (SSSR count). The van der Waals surface area contributed by atoms with E-state index in [2.05, 4.69) is 6.66 Å². The number of rotatable bonds is 4. The fourth-order valence-corrected chi connectivity index (χ4v) is 1.36. The minimum absolute atomic E-state index is 0.0808. The molecule has 8 heavy (non-hydrogen) atoms. The molecule has 50 valence electrons. The Balaban J connectivity index is 2.92. The second-order valence-corrected chi connectivity index (χ2v) is 4.36. The Hall–Kier alpha value is 0.350. The van der Waals surface area contributed by atoms with E-state index in [1.807, 2.05) is 0 Å². The fraction of sp³-hybridized carbons (Fsp3) is 1.00. The monoisotopic (exact) mass is 136 g/mol. The van der Waals surface area contributed by atoms with Crippen LogP contribution in [0.15, 0.2) is 0 Å². The SMILES string of the molecule is CP(CCO)CCO. The normalized spacial score (nSPS) is 10.5. The molecule has 3 heteroatoms. The Bertz CT molecular complexity index is 43.7. The predicted octanol–water partition coefficient (Wildman–Crippen LogP) is 0.0827. The molecule has 0 saturated carbocycles. The Labute approximate surface area is 51.3 Å². The van der Waals surface area contributed by atoms with Gasteiger partial charge in [-0.3, -0.25) is 0 Å². The maximum atomic E-state index is 8.40. The second-order valence-electron chi connectivity index (χ2n) is 1.75. The summed E-state index contributed by atoms with van der Waals surface area (Å²) < 4.78 is 0. The molecule has 0 aliphatic rings. The van der Waals surface area contributed by atoms with Gasteiger partial charge in [-0.1, -0.05) is 0 Å². The van der Waals surface area contributed by atoms with Crippen LogP contribution in [0.2, 0.25) is 0 Å². The second kappa shape index (κ2) is 5.49. The number of aliphatic hydroxyl groups is 2. The van der Waals surface area contributed by atoms with Crippen LogP contribution in [0.25, 0.3) is 0 Å². The van der Waals surface area contributed by atoms with Crippen LogP contribution in [-0.2, 0) is 0 Å². The molecule has 0 aromatic rings. The van der Waals surface area contributed by atoms with Gasteiger partial charge in [0.05, 0.1) is 0 Å². The molecule has 0 atom stereocenters. The maximum Gasteiger partial charge on any atom is 0.0470 e. The Morgan fingerprint density at radius 1 is 1.12 bits per heavy atom. The number of hydrogen-bond acceptors (Lipinski definition) is 2. The van der Waals surface area contributed by atoms with Gasteiger partial charge in [0, 0.05) is 13.2 Å². The van der Waals surface area contributed by atoms with Gasteiger partial charge in [-0.25, -0.2) is 0 Å². The van der Waals surface area contributed by atoms with Crippen molar-refractivity contribution in [1.29, 1.82) is 0 Å². The van der Waals surface area contributed by atoms with Gasteiger partial charge >= 0.3 is 0 Å². The summed E-state index contributed by atoms with van der Waals surface area (Å²) in [6.07, 6.45) is 1.74. The first-order valence-electron chi connectivity index (χ1n) is 2.71. The van der Waals surface area contributed by atoms with Crippen molar-refractivity contribution in [2.45, 2.75) is 0 Å². The summed E-state index contributed by atoms with van der Waals surface area (Å²) >= 11 is 0. The van der Waals surface area contributed by atoms with Gasteiger partial charge in [-0.15, -0.1) is 7.92 Å². The predicted molar refractivity (Wildman–Crippen MR) is 36.7 cm³/mol. The van der Waals surface area contributed by atoms with Crippen molar-refractivity contribution in [1.82, 2.24) is 0 Å². The third-order valence-electron chi connectivity index (χ3n) is 0.963. The lowest BCUT2D eigenvalue weighted by Crippen LogP contribution is -1.96. The zero-order valence-electron chi connectivity index (χ0n) is 5.17. The van der Waals surface area contributed by atoms with Gasteiger partial charge in [-0.05, 0) is 19.0 Å². The van der Waals surface area contributed by atoms with Crippen molar-refractivity contribution in [2.24, 2.45) is 0 Å². The molecular formula is C5H13O2P. The summed E-state index contributed by atoms with van der Waals surface area (Å²) in [5.74, 6) is 0. The van der Waals surface area contributed by atoms with Crippen molar-refractivity contribution >= 4 is 7.92 Å². The number of aliphatic hydroxyl groups excluding tert-OH is 2. The molecule has 0 saturated heterocycles. The third kappa shape index (κ3) is 4.51. The standard InChI is InChI=1S/C5H13O2P/c1-8(4-2-6)5-3-7/h6-7H,2-5H2,1H3. The highest BCUT2D eigenvalue weighted by Crippen LogP contribution is 2.27. The lowest BCUT2D eigenvalue weighted by atomic mass is 10.9. The highest BCUT2D eigenvalue weighted by Gasteiger charge is 1.96. The van der Waals surface area contributed by atoms with Crippen LogP contribution in [0.4, 0.5) is 0 Å². The lowest BCUT2D eigenvalue weighted by molar-refractivity contribution is 0.316. The Morgan fingerprint density at radius 2 is 1.50 bits per heavy atom.